The van der Waals surface area contributed by atoms with Gasteiger partial charge in [-0.1, -0.05) is 26.0 Å². The number of aliphatic carboxylic acids is 1. The fourth-order valence-corrected chi connectivity index (χ4v) is 2.29. The first-order valence-electron chi connectivity index (χ1n) is 8.88. The molecule has 0 bridgehead atoms. The van der Waals surface area contributed by atoms with Crippen LogP contribution in [0.3, 0.4) is 0 Å². The highest BCUT2D eigenvalue weighted by Crippen LogP contribution is 2.14. The largest absolute Gasteiger partial charge is 0.493 e. The molecule has 1 amide bonds. The number of benzene rings is 2. The topological polar surface area (TPSA) is 84.9 Å². The van der Waals surface area contributed by atoms with Gasteiger partial charge in [0.2, 0.25) is 0 Å². The second kappa shape index (κ2) is 10.2. The van der Waals surface area contributed by atoms with E-state index in [2.05, 4.69) is 19.2 Å². The summed E-state index contributed by atoms with van der Waals surface area (Å²) < 4.78 is 10.7. The monoisotopic (exact) mass is 371 g/mol. The predicted molar refractivity (Wildman–Crippen MR) is 102 cm³/mol. The maximum absolute atomic E-state index is 12.2. The van der Waals surface area contributed by atoms with Crippen molar-refractivity contribution in [3.05, 3.63) is 59.7 Å². The van der Waals surface area contributed by atoms with Crippen LogP contribution < -0.4 is 14.8 Å². The first kappa shape index (κ1) is 20.3. The van der Waals surface area contributed by atoms with Crippen molar-refractivity contribution in [2.24, 2.45) is 5.92 Å². The molecule has 0 unspecified atom stereocenters. The SMILES string of the molecule is CC(C)COc1ccc(C(=O)NCCc2ccc(OCC(=O)O)cc2)cc1. The Balaban J connectivity index is 1.76. The Hall–Kier alpha value is -3.02. The summed E-state index contributed by atoms with van der Waals surface area (Å²) in [4.78, 5) is 22.7. The molecule has 6 nitrogen and oxygen atoms in total. The van der Waals surface area contributed by atoms with E-state index in [1.54, 1.807) is 36.4 Å². The molecule has 2 N–H and O–H groups in total. The van der Waals surface area contributed by atoms with Crippen molar-refractivity contribution in [3.63, 3.8) is 0 Å². The van der Waals surface area contributed by atoms with Crippen molar-refractivity contribution >= 4 is 11.9 Å². The van der Waals surface area contributed by atoms with Gasteiger partial charge in [-0.15, -0.1) is 0 Å². The molecular weight excluding hydrogens is 346 g/mol. The minimum absolute atomic E-state index is 0.133. The minimum atomic E-state index is -1.01. The van der Waals surface area contributed by atoms with Gasteiger partial charge in [0.05, 0.1) is 6.61 Å². The lowest BCUT2D eigenvalue weighted by atomic mass is 10.1. The molecular formula is C21H25NO5. The van der Waals surface area contributed by atoms with Crippen LogP contribution in [0.15, 0.2) is 48.5 Å². The van der Waals surface area contributed by atoms with Crippen LogP contribution in [0, 0.1) is 5.92 Å². The van der Waals surface area contributed by atoms with E-state index < -0.39 is 5.97 Å². The number of carboxylic acids is 1. The van der Waals surface area contributed by atoms with E-state index in [1.165, 1.54) is 0 Å². The van der Waals surface area contributed by atoms with Gasteiger partial charge in [-0.2, -0.15) is 0 Å². The molecule has 6 heteroatoms. The maximum Gasteiger partial charge on any atom is 0.341 e. The molecule has 0 aliphatic rings. The number of rotatable bonds is 10. The number of ether oxygens (including phenoxy) is 2. The van der Waals surface area contributed by atoms with Gasteiger partial charge in [0.1, 0.15) is 11.5 Å². The van der Waals surface area contributed by atoms with Crippen LogP contribution in [0.2, 0.25) is 0 Å². The summed E-state index contributed by atoms with van der Waals surface area (Å²) in [5, 5.41) is 11.5. The number of carbonyl (C=O) groups excluding carboxylic acids is 1. The number of hydrogen-bond acceptors (Lipinski definition) is 4. The highest BCUT2D eigenvalue weighted by Gasteiger charge is 2.06. The van der Waals surface area contributed by atoms with E-state index in [0.29, 0.717) is 36.8 Å². The molecule has 0 fully saturated rings. The number of nitrogens with one attached hydrogen (secondary N) is 1. The van der Waals surface area contributed by atoms with Gasteiger partial charge in [-0.05, 0) is 54.3 Å². The van der Waals surface area contributed by atoms with Crippen LogP contribution in [0.5, 0.6) is 11.5 Å². The third kappa shape index (κ3) is 7.40. The van der Waals surface area contributed by atoms with Crippen molar-refractivity contribution in [1.29, 1.82) is 0 Å². The van der Waals surface area contributed by atoms with Gasteiger partial charge in [-0.25, -0.2) is 4.79 Å². The lowest BCUT2D eigenvalue weighted by Crippen LogP contribution is -2.25. The molecule has 2 aromatic rings. The predicted octanol–water partition coefficient (Wildman–Crippen LogP) is 3.16. The van der Waals surface area contributed by atoms with Gasteiger partial charge < -0.3 is 19.9 Å². The fraction of sp³-hybridized carbons (Fsp3) is 0.333. The van der Waals surface area contributed by atoms with Crippen LogP contribution in [0.1, 0.15) is 29.8 Å². The summed E-state index contributed by atoms with van der Waals surface area (Å²) in [7, 11) is 0. The Labute approximate surface area is 159 Å². The van der Waals surface area contributed by atoms with Crippen LogP contribution in [-0.4, -0.2) is 36.7 Å². The smallest absolute Gasteiger partial charge is 0.341 e. The number of hydrogen-bond donors (Lipinski definition) is 2. The van der Waals surface area contributed by atoms with Gasteiger partial charge in [0.25, 0.3) is 5.91 Å². The average Bonchev–Trinajstić information content (AvgIpc) is 2.66. The Morgan fingerprint density at radius 3 is 2.15 bits per heavy atom. The van der Waals surface area contributed by atoms with Crippen molar-refractivity contribution in [1.82, 2.24) is 5.32 Å². The van der Waals surface area contributed by atoms with Crippen molar-refractivity contribution in [2.75, 3.05) is 19.8 Å². The number of carbonyl (C=O) groups is 2. The molecule has 27 heavy (non-hydrogen) atoms. The molecule has 0 aromatic heterocycles. The van der Waals surface area contributed by atoms with E-state index in [0.717, 1.165) is 11.3 Å². The summed E-state index contributed by atoms with van der Waals surface area (Å²) >= 11 is 0. The van der Waals surface area contributed by atoms with Gasteiger partial charge in [0, 0.05) is 12.1 Å². The van der Waals surface area contributed by atoms with E-state index in [-0.39, 0.29) is 12.5 Å². The Kier molecular flexibility index (Phi) is 7.67. The zero-order chi connectivity index (χ0) is 19.6. The Morgan fingerprint density at radius 2 is 1.56 bits per heavy atom. The molecule has 2 rings (SSSR count). The van der Waals surface area contributed by atoms with Crippen molar-refractivity contribution in [2.45, 2.75) is 20.3 Å². The molecule has 0 radical (unpaired) electrons. The van der Waals surface area contributed by atoms with E-state index in [4.69, 9.17) is 14.6 Å². The normalized spacial score (nSPS) is 10.5. The number of amides is 1. The highest BCUT2D eigenvalue weighted by molar-refractivity contribution is 5.94. The summed E-state index contributed by atoms with van der Waals surface area (Å²) in [6.07, 6.45) is 0.667. The second-order valence-corrected chi connectivity index (χ2v) is 6.56. The van der Waals surface area contributed by atoms with E-state index >= 15 is 0 Å². The Bertz CT molecular complexity index is 738. The fourth-order valence-electron chi connectivity index (χ4n) is 2.29. The zero-order valence-corrected chi connectivity index (χ0v) is 15.6. The molecule has 0 saturated heterocycles. The minimum Gasteiger partial charge on any atom is -0.493 e. The third-order valence-corrected chi connectivity index (χ3v) is 3.68. The third-order valence-electron chi connectivity index (χ3n) is 3.68. The summed E-state index contributed by atoms with van der Waals surface area (Å²) in [5.41, 5.74) is 1.61. The lowest BCUT2D eigenvalue weighted by Gasteiger charge is -2.10. The molecule has 144 valence electrons. The van der Waals surface area contributed by atoms with Crippen LogP contribution in [0.4, 0.5) is 0 Å². The van der Waals surface area contributed by atoms with E-state index in [1.807, 2.05) is 12.1 Å². The molecule has 2 aromatic carbocycles. The van der Waals surface area contributed by atoms with E-state index in [9.17, 15) is 9.59 Å². The summed E-state index contributed by atoms with van der Waals surface area (Å²) in [6.45, 7) is 4.94. The molecule has 0 saturated carbocycles. The van der Waals surface area contributed by atoms with Gasteiger partial charge >= 0.3 is 5.97 Å². The Morgan fingerprint density at radius 1 is 0.963 bits per heavy atom. The molecule has 0 atom stereocenters. The van der Waals surface area contributed by atoms with Crippen molar-refractivity contribution in [3.8, 4) is 11.5 Å². The summed E-state index contributed by atoms with van der Waals surface area (Å²) in [5.74, 6) is 0.564. The first-order valence-corrected chi connectivity index (χ1v) is 8.88. The molecule has 0 spiro atoms. The van der Waals surface area contributed by atoms with Crippen LogP contribution >= 0.6 is 0 Å². The highest BCUT2D eigenvalue weighted by atomic mass is 16.5. The maximum atomic E-state index is 12.2. The van der Waals surface area contributed by atoms with Crippen LogP contribution in [0.25, 0.3) is 0 Å². The molecule has 0 aliphatic carbocycles. The standard InChI is InChI=1S/C21H25NO5/c1-15(2)13-26-19-9-5-17(6-10-19)21(25)22-12-11-16-3-7-18(8-4-16)27-14-20(23)24/h3-10,15H,11-14H2,1-2H3,(H,22,25)(H,23,24). The van der Waals surface area contributed by atoms with Crippen molar-refractivity contribution < 1.29 is 24.2 Å². The quantitative estimate of drug-likeness (QED) is 0.670. The van der Waals surface area contributed by atoms with Gasteiger partial charge in [-0.3, -0.25) is 4.79 Å². The van der Waals surface area contributed by atoms with Gasteiger partial charge in [0.15, 0.2) is 6.61 Å². The lowest BCUT2D eigenvalue weighted by molar-refractivity contribution is -0.139. The first-order chi connectivity index (χ1) is 12.9. The average molecular weight is 371 g/mol. The summed E-state index contributed by atoms with van der Waals surface area (Å²) in [6, 6.07) is 14.2. The van der Waals surface area contributed by atoms with Crippen LogP contribution in [-0.2, 0) is 11.2 Å². The molecule has 0 aliphatic heterocycles. The molecule has 0 heterocycles. The zero-order valence-electron chi connectivity index (χ0n) is 15.6. The second-order valence-electron chi connectivity index (χ2n) is 6.56. The number of carboxylic acid groups (broad SMARTS) is 1.